The zero-order valence-electron chi connectivity index (χ0n) is 19.8. The first kappa shape index (κ1) is 29.0. The van der Waals surface area contributed by atoms with Gasteiger partial charge in [0.15, 0.2) is 0 Å². The van der Waals surface area contributed by atoms with Gasteiger partial charge in [0.25, 0.3) is 0 Å². The van der Waals surface area contributed by atoms with Crippen LogP contribution in [-0.4, -0.2) is 50.6 Å². The first-order valence-electron chi connectivity index (χ1n) is 11.7. The fourth-order valence-corrected chi connectivity index (χ4v) is 5.09. The summed E-state index contributed by atoms with van der Waals surface area (Å²) in [4.78, 5) is 16.3. The molecule has 1 aliphatic heterocycles. The fraction of sp³-hybridized carbons (Fsp3) is 0.321. The van der Waals surface area contributed by atoms with Crippen LogP contribution in [0, 0.1) is 0 Å². The Morgan fingerprint density at radius 1 is 0.800 bits per heavy atom. The number of benzene rings is 3. The highest BCUT2D eigenvalue weighted by molar-refractivity contribution is 6.30. The maximum atomic E-state index is 11.3. The maximum Gasteiger partial charge on any atom is 0.207 e. The molecule has 1 N–H and O–H groups in total. The molecule has 1 aliphatic rings. The summed E-state index contributed by atoms with van der Waals surface area (Å²) in [6.45, 7) is 5.85. The molecule has 0 bridgehead atoms. The van der Waals surface area contributed by atoms with Crippen molar-refractivity contribution in [2.45, 2.75) is 18.3 Å². The van der Waals surface area contributed by atoms with Crippen molar-refractivity contribution in [1.82, 2.24) is 10.2 Å². The first-order valence-corrected chi connectivity index (χ1v) is 12.1. The zero-order chi connectivity index (χ0) is 22.9. The highest BCUT2D eigenvalue weighted by Gasteiger charge is 2.34. The Morgan fingerprint density at radius 3 is 1.97 bits per heavy atom. The highest BCUT2D eigenvalue weighted by Crippen LogP contribution is 2.37. The normalized spacial score (nSPS) is 15.3. The lowest BCUT2D eigenvalue weighted by molar-refractivity contribution is -0.109. The van der Waals surface area contributed by atoms with Gasteiger partial charge in [0.1, 0.15) is 0 Å². The van der Waals surface area contributed by atoms with E-state index in [0.717, 1.165) is 57.0 Å². The lowest BCUT2D eigenvalue weighted by Crippen LogP contribution is -2.47. The Kier molecular flexibility index (Phi) is 11.9. The van der Waals surface area contributed by atoms with Crippen LogP contribution in [0.25, 0.3) is 0 Å². The molecule has 0 aromatic heterocycles. The van der Waals surface area contributed by atoms with Gasteiger partial charge in [-0.1, -0.05) is 72.3 Å². The minimum Gasteiger partial charge on any atom is -0.369 e. The second kappa shape index (κ2) is 14.4. The van der Waals surface area contributed by atoms with Gasteiger partial charge in [-0.05, 0) is 54.8 Å². The van der Waals surface area contributed by atoms with E-state index in [1.807, 2.05) is 18.2 Å². The molecule has 1 unspecified atom stereocenters. The number of halogens is 3. The number of nitrogens with zero attached hydrogens (tertiary/aromatic N) is 2. The van der Waals surface area contributed by atoms with Crippen molar-refractivity contribution in [3.63, 3.8) is 0 Å². The minimum absolute atomic E-state index is 0. The van der Waals surface area contributed by atoms with Crippen molar-refractivity contribution < 1.29 is 4.79 Å². The topological polar surface area (TPSA) is 35.6 Å². The summed E-state index contributed by atoms with van der Waals surface area (Å²) in [6.07, 6.45) is 2.79. The van der Waals surface area contributed by atoms with Gasteiger partial charge in [0, 0.05) is 48.8 Å². The number of nitrogens with one attached hydrogen (secondary N) is 1. The summed E-state index contributed by atoms with van der Waals surface area (Å²) in [7, 11) is 0. The van der Waals surface area contributed by atoms with E-state index < -0.39 is 0 Å². The van der Waals surface area contributed by atoms with Gasteiger partial charge in [-0.3, -0.25) is 9.69 Å². The molecule has 35 heavy (non-hydrogen) atoms. The Balaban J connectivity index is 0.00000216. The van der Waals surface area contributed by atoms with Crippen molar-refractivity contribution in [3.05, 3.63) is 101 Å². The summed E-state index contributed by atoms with van der Waals surface area (Å²) in [5, 5.41) is 3.70. The van der Waals surface area contributed by atoms with Crippen LogP contribution in [0.15, 0.2) is 84.9 Å². The third kappa shape index (κ3) is 7.37. The van der Waals surface area contributed by atoms with Crippen LogP contribution in [0.1, 0.15) is 24.0 Å². The molecule has 0 saturated carbocycles. The van der Waals surface area contributed by atoms with E-state index in [2.05, 4.69) is 81.8 Å². The van der Waals surface area contributed by atoms with Crippen LogP contribution >= 0.6 is 36.4 Å². The zero-order valence-corrected chi connectivity index (χ0v) is 22.2. The highest BCUT2D eigenvalue weighted by atomic mass is 35.5. The maximum absolute atomic E-state index is 11.3. The van der Waals surface area contributed by atoms with Gasteiger partial charge in [-0.15, -0.1) is 24.8 Å². The lowest BCUT2D eigenvalue weighted by Gasteiger charge is -2.38. The molecule has 3 aromatic carbocycles. The number of para-hydroxylation sites is 1. The first-order chi connectivity index (χ1) is 16.2. The number of hydrogen-bond donors (Lipinski definition) is 1. The average Bonchev–Trinajstić information content (AvgIpc) is 2.88. The molecule has 7 heteroatoms. The van der Waals surface area contributed by atoms with Crippen LogP contribution in [0.2, 0.25) is 5.02 Å². The number of anilines is 1. The standard InChI is InChI=1S/C28H32ClN3O.2ClH/c29-26-14-12-25(13-15-26)28(22-30-23-33,24-8-3-1-4-9-24)16-7-17-31-18-20-32(21-19-31)27-10-5-2-6-11-27;;/h1-6,8-15,23H,7,16-22H2,(H,30,33);2*1H. The molecule has 4 nitrogen and oxygen atoms in total. The summed E-state index contributed by atoms with van der Waals surface area (Å²) in [5.41, 5.74) is 3.42. The third-order valence-corrected chi connectivity index (χ3v) is 7.03. The molecule has 1 saturated heterocycles. The molecule has 4 rings (SSSR count). The predicted octanol–water partition coefficient (Wildman–Crippen LogP) is 5.82. The molecular formula is C28H34Cl3N3O. The van der Waals surface area contributed by atoms with Crippen LogP contribution in [0.4, 0.5) is 5.69 Å². The number of rotatable bonds is 10. The molecule has 0 aliphatic carbocycles. The van der Waals surface area contributed by atoms with E-state index >= 15 is 0 Å². The third-order valence-electron chi connectivity index (χ3n) is 6.78. The minimum atomic E-state index is -0.293. The number of carbonyl (C=O) groups is 1. The molecule has 1 amide bonds. The second-order valence-electron chi connectivity index (χ2n) is 8.72. The number of hydrogen-bond acceptors (Lipinski definition) is 3. The van der Waals surface area contributed by atoms with Crippen molar-refractivity contribution >= 4 is 48.5 Å². The smallest absolute Gasteiger partial charge is 0.207 e. The van der Waals surface area contributed by atoms with Crippen molar-refractivity contribution in [1.29, 1.82) is 0 Å². The monoisotopic (exact) mass is 533 g/mol. The van der Waals surface area contributed by atoms with Crippen molar-refractivity contribution in [2.24, 2.45) is 0 Å². The molecule has 1 fully saturated rings. The lowest BCUT2D eigenvalue weighted by atomic mass is 9.71. The van der Waals surface area contributed by atoms with Crippen LogP contribution in [0.5, 0.6) is 0 Å². The fourth-order valence-electron chi connectivity index (χ4n) is 4.96. The van der Waals surface area contributed by atoms with E-state index in [0.29, 0.717) is 6.54 Å². The van der Waals surface area contributed by atoms with Gasteiger partial charge >= 0.3 is 0 Å². The molecule has 188 valence electrons. The Bertz CT molecular complexity index is 997. The Hall–Kier alpha value is -2.24. The van der Waals surface area contributed by atoms with E-state index in [4.69, 9.17) is 11.6 Å². The van der Waals surface area contributed by atoms with Gasteiger partial charge < -0.3 is 10.2 Å². The molecule has 1 heterocycles. The molecular weight excluding hydrogens is 501 g/mol. The van der Waals surface area contributed by atoms with E-state index in [-0.39, 0.29) is 30.2 Å². The number of carbonyl (C=O) groups excluding carboxylic acids is 1. The summed E-state index contributed by atoms with van der Waals surface area (Å²) >= 11 is 6.19. The summed E-state index contributed by atoms with van der Waals surface area (Å²) in [5.74, 6) is 0. The van der Waals surface area contributed by atoms with Gasteiger partial charge in [-0.2, -0.15) is 0 Å². The van der Waals surface area contributed by atoms with Crippen LogP contribution in [0.3, 0.4) is 0 Å². The van der Waals surface area contributed by atoms with Gasteiger partial charge in [-0.25, -0.2) is 0 Å². The van der Waals surface area contributed by atoms with Gasteiger partial charge in [0.05, 0.1) is 0 Å². The summed E-state index contributed by atoms with van der Waals surface area (Å²) in [6, 6.07) is 29.3. The van der Waals surface area contributed by atoms with Crippen LogP contribution < -0.4 is 10.2 Å². The largest absolute Gasteiger partial charge is 0.369 e. The molecule has 0 radical (unpaired) electrons. The number of piperazine rings is 1. The van der Waals surface area contributed by atoms with Crippen LogP contribution in [-0.2, 0) is 10.2 Å². The van der Waals surface area contributed by atoms with E-state index in [1.54, 1.807) is 0 Å². The quantitative estimate of drug-likeness (QED) is 0.333. The molecule has 0 spiro atoms. The SMILES string of the molecule is Cl.Cl.O=CNCC(CCCN1CCN(c2ccccc2)CC1)(c1ccccc1)c1ccc(Cl)cc1. The van der Waals surface area contributed by atoms with E-state index in [1.165, 1.54) is 16.8 Å². The molecule has 3 aromatic rings. The van der Waals surface area contributed by atoms with Gasteiger partial charge in [0.2, 0.25) is 6.41 Å². The molecule has 1 atom stereocenters. The Labute approximate surface area is 226 Å². The summed E-state index contributed by atoms with van der Waals surface area (Å²) < 4.78 is 0. The van der Waals surface area contributed by atoms with Crippen molar-refractivity contribution in [2.75, 3.05) is 44.2 Å². The van der Waals surface area contributed by atoms with Crippen molar-refractivity contribution in [3.8, 4) is 0 Å². The Morgan fingerprint density at radius 2 is 1.37 bits per heavy atom. The number of amides is 1. The predicted molar refractivity (Wildman–Crippen MR) is 152 cm³/mol. The van der Waals surface area contributed by atoms with E-state index in [9.17, 15) is 4.79 Å². The second-order valence-corrected chi connectivity index (χ2v) is 9.16. The average molecular weight is 535 g/mol.